The number of rotatable bonds is 4. The lowest BCUT2D eigenvalue weighted by atomic mass is 9.85. The number of aromatic nitrogens is 1. The van der Waals surface area contributed by atoms with Crippen LogP contribution < -0.4 is 10.6 Å². The molecule has 0 atom stereocenters. The third-order valence-electron chi connectivity index (χ3n) is 3.76. The maximum atomic E-state index is 5.82. The summed E-state index contributed by atoms with van der Waals surface area (Å²) in [6.07, 6.45) is 4.17. The SMILES string of the molecule is CCN(CC1CCC1)c1nc2ccc(N)cc2s1. The van der Waals surface area contributed by atoms with Gasteiger partial charge in [0.15, 0.2) is 5.13 Å². The molecule has 0 unspecified atom stereocenters. The molecule has 1 fully saturated rings. The minimum atomic E-state index is 0.819. The summed E-state index contributed by atoms with van der Waals surface area (Å²) in [6, 6.07) is 5.96. The highest BCUT2D eigenvalue weighted by Gasteiger charge is 2.21. The monoisotopic (exact) mass is 261 g/mol. The Hall–Kier alpha value is -1.29. The summed E-state index contributed by atoms with van der Waals surface area (Å²) in [5, 5.41) is 1.14. The molecule has 1 aliphatic rings. The second kappa shape index (κ2) is 4.76. The summed E-state index contributed by atoms with van der Waals surface area (Å²) in [6.45, 7) is 4.40. The largest absolute Gasteiger partial charge is 0.399 e. The van der Waals surface area contributed by atoms with Crippen molar-refractivity contribution in [1.29, 1.82) is 0 Å². The number of fused-ring (bicyclic) bond motifs is 1. The summed E-state index contributed by atoms with van der Waals surface area (Å²) in [4.78, 5) is 7.13. The molecule has 2 aromatic rings. The Morgan fingerprint density at radius 3 is 2.94 bits per heavy atom. The molecule has 3 nitrogen and oxygen atoms in total. The van der Waals surface area contributed by atoms with Crippen molar-refractivity contribution in [3.63, 3.8) is 0 Å². The minimum absolute atomic E-state index is 0.819. The van der Waals surface area contributed by atoms with Crippen LogP contribution in [0.3, 0.4) is 0 Å². The molecule has 0 bridgehead atoms. The van der Waals surface area contributed by atoms with E-state index in [2.05, 4.69) is 11.8 Å². The van der Waals surface area contributed by atoms with E-state index in [1.165, 1.54) is 24.0 Å². The van der Waals surface area contributed by atoms with Gasteiger partial charge in [0, 0.05) is 18.8 Å². The summed E-state index contributed by atoms with van der Waals surface area (Å²) in [7, 11) is 0. The van der Waals surface area contributed by atoms with Gasteiger partial charge in [0.05, 0.1) is 10.2 Å². The smallest absolute Gasteiger partial charge is 0.186 e. The van der Waals surface area contributed by atoms with Crippen LogP contribution in [-0.2, 0) is 0 Å². The lowest BCUT2D eigenvalue weighted by molar-refractivity contribution is 0.318. The molecule has 1 heterocycles. The first-order valence-electron chi connectivity index (χ1n) is 6.67. The van der Waals surface area contributed by atoms with Gasteiger partial charge in [-0.3, -0.25) is 0 Å². The number of hydrogen-bond donors (Lipinski definition) is 1. The molecule has 1 aromatic heterocycles. The third kappa shape index (κ3) is 2.17. The van der Waals surface area contributed by atoms with Gasteiger partial charge in [0.2, 0.25) is 0 Å². The van der Waals surface area contributed by atoms with Crippen LogP contribution in [0, 0.1) is 5.92 Å². The van der Waals surface area contributed by atoms with Crippen molar-refractivity contribution in [2.45, 2.75) is 26.2 Å². The predicted molar refractivity (Wildman–Crippen MR) is 79.3 cm³/mol. The average molecular weight is 261 g/mol. The minimum Gasteiger partial charge on any atom is -0.399 e. The Bertz CT molecular complexity index is 545. The number of anilines is 2. The highest BCUT2D eigenvalue weighted by Crippen LogP contribution is 2.33. The van der Waals surface area contributed by atoms with E-state index in [0.717, 1.165) is 35.3 Å². The van der Waals surface area contributed by atoms with Crippen LogP contribution in [0.4, 0.5) is 10.8 Å². The molecule has 1 aliphatic carbocycles. The Labute approximate surface area is 112 Å². The topological polar surface area (TPSA) is 42.2 Å². The van der Waals surface area contributed by atoms with Crippen molar-refractivity contribution in [2.24, 2.45) is 5.92 Å². The predicted octanol–water partition coefficient (Wildman–Crippen LogP) is 3.50. The van der Waals surface area contributed by atoms with Gasteiger partial charge in [0.25, 0.3) is 0 Å². The molecule has 1 aromatic carbocycles. The number of thiazole rings is 1. The van der Waals surface area contributed by atoms with E-state index < -0.39 is 0 Å². The second-order valence-corrected chi connectivity index (χ2v) is 6.07. The van der Waals surface area contributed by atoms with Gasteiger partial charge in [-0.15, -0.1) is 0 Å². The maximum absolute atomic E-state index is 5.82. The molecule has 1 saturated carbocycles. The van der Waals surface area contributed by atoms with Gasteiger partial charge < -0.3 is 10.6 Å². The Morgan fingerprint density at radius 2 is 2.28 bits per heavy atom. The van der Waals surface area contributed by atoms with Crippen molar-refractivity contribution in [2.75, 3.05) is 23.7 Å². The molecule has 18 heavy (non-hydrogen) atoms. The highest BCUT2D eigenvalue weighted by molar-refractivity contribution is 7.22. The summed E-state index contributed by atoms with van der Waals surface area (Å²) < 4.78 is 1.19. The van der Waals surface area contributed by atoms with Gasteiger partial charge in [-0.1, -0.05) is 17.8 Å². The molecule has 96 valence electrons. The first-order chi connectivity index (χ1) is 8.76. The average Bonchev–Trinajstić information content (AvgIpc) is 2.70. The van der Waals surface area contributed by atoms with Crippen molar-refractivity contribution >= 4 is 32.4 Å². The van der Waals surface area contributed by atoms with Gasteiger partial charge >= 0.3 is 0 Å². The number of nitrogen functional groups attached to an aromatic ring is 1. The van der Waals surface area contributed by atoms with Gasteiger partial charge in [-0.05, 0) is 43.9 Å². The first kappa shape index (κ1) is 11.8. The van der Waals surface area contributed by atoms with Crippen LogP contribution in [0.15, 0.2) is 18.2 Å². The quantitative estimate of drug-likeness (QED) is 0.856. The normalized spacial score (nSPS) is 15.8. The fourth-order valence-electron chi connectivity index (χ4n) is 2.39. The molecule has 3 rings (SSSR count). The van der Waals surface area contributed by atoms with Gasteiger partial charge in [0.1, 0.15) is 0 Å². The van der Waals surface area contributed by atoms with Gasteiger partial charge in [-0.2, -0.15) is 0 Å². The Balaban J connectivity index is 1.86. The van der Waals surface area contributed by atoms with Crippen LogP contribution in [0.1, 0.15) is 26.2 Å². The molecule has 0 aliphatic heterocycles. The van der Waals surface area contributed by atoms with E-state index in [1.807, 2.05) is 18.2 Å². The van der Waals surface area contributed by atoms with Crippen molar-refractivity contribution in [3.8, 4) is 0 Å². The molecule has 0 spiro atoms. The number of nitrogens with two attached hydrogens (primary N) is 1. The molecule has 0 saturated heterocycles. The molecule has 0 amide bonds. The van der Waals surface area contributed by atoms with Crippen LogP contribution in [0.25, 0.3) is 10.2 Å². The van der Waals surface area contributed by atoms with E-state index in [1.54, 1.807) is 11.3 Å². The Kier molecular flexibility index (Phi) is 3.12. The fourth-order valence-corrected chi connectivity index (χ4v) is 3.48. The van der Waals surface area contributed by atoms with Crippen LogP contribution >= 0.6 is 11.3 Å². The van der Waals surface area contributed by atoms with E-state index in [-0.39, 0.29) is 0 Å². The third-order valence-corrected chi connectivity index (χ3v) is 4.84. The zero-order valence-electron chi connectivity index (χ0n) is 10.7. The first-order valence-corrected chi connectivity index (χ1v) is 7.49. The van der Waals surface area contributed by atoms with E-state index in [4.69, 9.17) is 10.7 Å². The second-order valence-electron chi connectivity index (χ2n) is 5.06. The van der Waals surface area contributed by atoms with Crippen LogP contribution in [0.2, 0.25) is 0 Å². The summed E-state index contributed by atoms with van der Waals surface area (Å²) in [5.41, 5.74) is 7.70. The van der Waals surface area contributed by atoms with Crippen LogP contribution in [0.5, 0.6) is 0 Å². The fraction of sp³-hybridized carbons (Fsp3) is 0.500. The standard InChI is InChI=1S/C14H19N3S/c1-2-17(9-10-4-3-5-10)14-16-12-7-6-11(15)8-13(12)18-14/h6-8,10H,2-5,9,15H2,1H3. The molecule has 2 N–H and O–H groups in total. The summed E-state index contributed by atoms with van der Waals surface area (Å²) in [5.74, 6) is 0.877. The van der Waals surface area contributed by atoms with Crippen molar-refractivity contribution in [1.82, 2.24) is 4.98 Å². The lowest BCUT2D eigenvalue weighted by Gasteiger charge is -2.31. The van der Waals surface area contributed by atoms with E-state index in [9.17, 15) is 0 Å². The van der Waals surface area contributed by atoms with E-state index in [0.29, 0.717) is 0 Å². The Morgan fingerprint density at radius 1 is 1.44 bits per heavy atom. The number of hydrogen-bond acceptors (Lipinski definition) is 4. The highest BCUT2D eigenvalue weighted by atomic mass is 32.1. The number of benzene rings is 1. The maximum Gasteiger partial charge on any atom is 0.186 e. The summed E-state index contributed by atoms with van der Waals surface area (Å²) >= 11 is 1.76. The molecule has 0 radical (unpaired) electrons. The van der Waals surface area contributed by atoms with Gasteiger partial charge in [-0.25, -0.2) is 4.98 Å². The molecular weight excluding hydrogens is 242 g/mol. The molecule has 4 heteroatoms. The zero-order valence-corrected chi connectivity index (χ0v) is 11.5. The van der Waals surface area contributed by atoms with Crippen molar-refractivity contribution in [3.05, 3.63) is 18.2 Å². The molecular formula is C14H19N3S. The lowest BCUT2D eigenvalue weighted by Crippen LogP contribution is -2.32. The van der Waals surface area contributed by atoms with Crippen molar-refractivity contribution < 1.29 is 0 Å². The van der Waals surface area contributed by atoms with E-state index >= 15 is 0 Å². The zero-order chi connectivity index (χ0) is 12.5. The number of nitrogens with zero attached hydrogens (tertiary/aromatic N) is 2. The van der Waals surface area contributed by atoms with Crippen LogP contribution in [-0.4, -0.2) is 18.1 Å².